The zero-order chi connectivity index (χ0) is 22.7. The first kappa shape index (κ1) is 21.8. The number of nitrogens with zero attached hydrogens (tertiary/aromatic N) is 4. The molecule has 1 aromatic carbocycles. The molecule has 8 nitrogen and oxygen atoms in total. The van der Waals surface area contributed by atoms with Crippen molar-refractivity contribution in [2.75, 3.05) is 37.6 Å². The minimum absolute atomic E-state index is 0.0265. The molecule has 0 spiro atoms. The molecule has 3 amide bonds. The van der Waals surface area contributed by atoms with Crippen LogP contribution in [-0.4, -0.2) is 65.4 Å². The zero-order valence-electron chi connectivity index (χ0n) is 18.5. The first-order valence-corrected chi connectivity index (χ1v) is 11.0. The van der Waals surface area contributed by atoms with E-state index in [9.17, 15) is 14.4 Å². The van der Waals surface area contributed by atoms with Gasteiger partial charge in [-0.25, -0.2) is 0 Å². The number of carbonyl (C=O) groups is 3. The monoisotopic (exact) mass is 436 g/mol. The first-order chi connectivity index (χ1) is 15.4. The number of hydrogen-bond acceptors (Lipinski definition) is 5. The smallest absolute Gasteiger partial charge is 0.246 e. The fraction of sp³-hybridized carbons (Fsp3) is 0.417. The number of rotatable bonds is 5. The van der Waals surface area contributed by atoms with Gasteiger partial charge in [-0.05, 0) is 44.0 Å². The number of aryl methyl sites for hydroxylation is 2. The Morgan fingerprint density at radius 1 is 1.03 bits per heavy atom. The van der Waals surface area contributed by atoms with Crippen molar-refractivity contribution >= 4 is 29.5 Å². The maximum Gasteiger partial charge on any atom is 0.246 e. The molecule has 0 radical (unpaired) electrons. The van der Waals surface area contributed by atoms with Crippen LogP contribution >= 0.6 is 0 Å². The molecule has 0 aliphatic carbocycles. The minimum atomic E-state index is -0.0679. The van der Waals surface area contributed by atoms with Crippen LogP contribution in [0.2, 0.25) is 0 Å². The zero-order valence-corrected chi connectivity index (χ0v) is 18.5. The molecule has 0 saturated carbocycles. The molecule has 8 heteroatoms. The lowest BCUT2D eigenvalue weighted by Gasteiger charge is -2.34. The summed E-state index contributed by atoms with van der Waals surface area (Å²) in [4.78, 5) is 42.4. The molecule has 0 N–H and O–H groups in total. The molecule has 2 aromatic rings. The Morgan fingerprint density at radius 3 is 2.31 bits per heavy atom. The highest BCUT2D eigenvalue weighted by Gasteiger charge is 2.25. The van der Waals surface area contributed by atoms with Gasteiger partial charge in [-0.1, -0.05) is 17.3 Å². The van der Waals surface area contributed by atoms with E-state index in [0.29, 0.717) is 38.4 Å². The number of carbonyl (C=O) groups excluding carboxylic acids is 3. The Bertz CT molecular complexity index is 1010. The second kappa shape index (κ2) is 9.38. The predicted molar refractivity (Wildman–Crippen MR) is 120 cm³/mol. The Labute approximate surface area is 187 Å². The molecule has 0 atom stereocenters. The minimum Gasteiger partial charge on any atom is -0.361 e. The summed E-state index contributed by atoms with van der Waals surface area (Å²) in [6.45, 7) is 6.45. The van der Waals surface area contributed by atoms with Crippen molar-refractivity contribution < 1.29 is 18.9 Å². The van der Waals surface area contributed by atoms with Crippen molar-refractivity contribution in [2.45, 2.75) is 33.1 Å². The van der Waals surface area contributed by atoms with Gasteiger partial charge in [0, 0.05) is 56.5 Å². The fourth-order valence-electron chi connectivity index (χ4n) is 4.15. The first-order valence-electron chi connectivity index (χ1n) is 11.0. The summed E-state index contributed by atoms with van der Waals surface area (Å²) in [6, 6.07) is 7.65. The van der Waals surface area contributed by atoms with Crippen LogP contribution in [0.1, 0.15) is 35.4 Å². The third kappa shape index (κ3) is 4.74. The van der Waals surface area contributed by atoms with Gasteiger partial charge in [0.05, 0.1) is 12.1 Å². The van der Waals surface area contributed by atoms with Gasteiger partial charge in [0.15, 0.2) is 0 Å². The van der Waals surface area contributed by atoms with E-state index in [1.165, 1.54) is 0 Å². The van der Waals surface area contributed by atoms with Crippen molar-refractivity contribution in [3.63, 3.8) is 0 Å². The highest BCUT2D eigenvalue weighted by atomic mass is 16.5. The topological polar surface area (TPSA) is 87.0 Å². The average molecular weight is 437 g/mol. The summed E-state index contributed by atoms with van der Waals surface area (Å²) in [5.74, 6) is 0.794. The second-order valence-corrected chi connectivity index (χ2v) is 8.26. The molecule has 32 heavy (non-hydrogen) atoms. The Kier molecular flexibility index (Phi) is 6.39. The summed E-state index contributed by atoms with van der Waals surface area (Å²) in [6.07, 6.45) is 5.13. The number of anilines is 1. The molecule has 2 aliphatic heterocycles. The summed E-state index contributed by atoms with van der Waals surface area (Å²) >= 11 is 0. The van der Waals surface area contributed by atoms with E-state index in [1.807, 2.05) is 38.1 Å². The summed E-state index contributed by atoms with van der Waals surface area (Å²) in [5, 5.41) is 3.90. The van der Waals surface area contributed by atoms with E-state index in [-0.39, 0.29) is 24.1 Å². The van der Waals surface area contributed by atoms with Crippen molar-refractivity contribution in [1.29, 1.82) is 0 Å². The molecular weight excluding hydrogens is 408 g/mol. The van der Waals surface area contributed by atoms with E-state index in [2.05, 4.69) is 5.16 Å². The lowest BCUT2D eigenvalue weighted by molar-refractivity contribution is -0.136. The molecule has 2 fully saturated rings. The average Bonchev–Trinajstić information content (AvgIpc) is 3.38. The second-order valence-electron chi connectivity index (χ2n) is 8.26. The number of hydrogen-bond donors (Lipinski definition) is 0. The largest absolute Gasteiger partial charge is 0.361 e. The molecule has 168 valence electrons. The third-order valence-corrected chi connectivity index (χ3v) is 6.15. The van der Waals surface area contributed by atoms with Gasteiger partial charge in [0.1, 0.15) is 5.76 Å². The highest BCUT2D eigenvalue weighted by Crippen LogP contribution is 2.22. The predicted octanol–water partition coefficient (Wildman–Crippen LogP) is 2.34. The number of benzene rings is 1. The van der Waals surface area contributed by atoms with Crippen LogP contribution in [0.25, 0.3) is 6.08 Å². The lowest BCUT2D eigenvalue weighted by atomic mass is 10.1. The van der Waals surface area contributed by atoms with E-state index in [0.717, 1.165) is 35.5 Å². The van der Waals surface area contributed by atoms with Crippen molar-refractivity contribution in [1.82, 2.24) is 15.0 Å². The Morgan fingerprint density at radius 2 is 1.72 bits per heavy atom. The van der Waals surface area contributed by atoms with E-state index >= 15 is 0 Å². The summed E-state index contributed by atoms with van der Waals surface area (Å²) in [7, 11) is 0. The number of piperazine rings is 1. The van der Waals surface area contributed by atoms with Crippen LogP contribution in [0, 0.1) is 13.8 Å². The molecule has 3 heterocycles. The van der Waals surface area contributed by atoms with E-state index in [1.54, 1.807) is 26.9 Å². The van der Waals surface area contributed by atoms with Crippen molar-refractivity contribution in [3.05, 3.63) is 52.9 Å². The molecule has 1 aromatic heterocycles. The SMILES string of the molecule is Cc1noc(C)c1CC(=O)N1CCN(C(=O)/C=C/c2ccc(N3CCCC3=O)cc2)CC1. The van der Waals surface area contributed by atoms with Crippen LogP contribution in [-0.2, 0) is 20.8 Å². The normalized spacial score (nSPS) is 16.9. The lowest BCUT2D eigenvalue weighted by Crippen LogP contribution is -2.50. The van der Waals surface area contributed by atoms with Gasteiger partial charge in [-0.3, -0.25) is 14.4 Å². The van der Waals surface area contributed by atoms with Crippen LogP contribution in [0.15, 0.2) is 34.9 Å². The van der Waals surface area contributed by atoms with Crippen molar-refractivity contribution in [3.8, 4) is 0 Å². The summed E-state index contributed by atoms with van der Waals surface area (Å²) < 4.78 is 5.13. The Hall–Kier alpha value is -3.42. The van der Waals surface area contributed by atoms with Gasteiger partial charge in [0.25, 0.3) is 0 Å². The fourth-order valence-corrected chi connectivity index (χ4v) is 4.15. The van der Waals surface area contributed by atoms with Crippen LogP contribution in [0.3, 0.4) is 0 Å². The molecule has 4 rings (SSSR count). The van der Waals surface area contributed by atoms with Gasteiger partial charge in [0.2, 0.25) is 17.7 Å². The molecule has 0 unspecified atom stereocenters. The highest BCUT2D eigenvalue weighted by molar-refractivity contribution is 5.95. The van der Waals surface area contributed by atoms with Gasteiger partial charge in [-0.15, -0.1) is 0 Å². The van der Waals surface area contributed by atoms with Gasteiger partial charge >= 0.3 is 0 Å². The molecule has 2 aliphatic rings. The standard InChI is InChI=1S/C24H28N4O4/c1-17-21(18(2)32-25-17)16-24(31)27-14-12-26(13-15-27)22(29)10-7-19-5-8-20(9-6-19)28-11-3-4-23(28)30/h5-10H,3-4,11-16H2,1-2H3/b10-7+. The number of aromatic nitrogens is 1. The summed E-state index contributed by atoms with van der Waals surface area (Å²) in [5.41, 5.74) is 3.39. The Balaban J connectivity index is 1.27. The van der Waals surface area contributed by atoms with Crippen molar-refractivity contribution in [2.24, 2.45) is 0 Å². The quantitative estimate of drug-likeness (QED) is 0.672. The number of amides is 3. The third-order valence-electron chi connectivity index (χ3n) is 6.15. The maximum absolute atomic E-state index is 12.6. The van der Waals surface area contributed by atoms with Gasteiger partial charge in [-0.2, -0.15) is 0 Å². The van der Waals surface area contributed by atoms with Crippen LogP contribution < -0.4 is 4.90 Å². The molecule has 2 saturated heterocycles. The van der Waals surface area contributed by atoms with E-state index < -0.39 is 0 Å². The van der Waals surface area contributed by atoms with Gasteiger partial charge < -0.3 is 19.2 Å². The molecule has 0 bridgehead atoms. The van der Waals surface area contributed by atoms with E-state index in [4.69, 9.17) is 4.52 Å². The molecular formula is C24H28N4O4. The maximum atomic E-state index is 12.6. The van der Waals surface area contributed by atoms with Crippen LogP contribution in [0.5, 0.6) is 0 Å². The van der Waals surface area contributed by atoms with Crippen LogP contribution in [0.4, 0.5) is 5.69 Å².